The van der Waals surface area contributed by atoms with Gasteiger partial charge in [0.05, 0.1) is 11.3 Å². The molecule has 1 aromatic carbocycles. The molecule has 0 aliphatic carbocycles. The maximum Gasteiger partial charge on any atom is 0.255 e. The molecule has 0 atom stereocenters. The third-order valence-corrected chi connectivity index (χ3v) is 5.98. The molecule has 4 aromatic rings. The smallest absolute Gasteiger partial charge is 0.255 e. The van der Waals surface area contributed by atoms with Crippen LogP contribution in [0.5, 0.6) is 0 Å². The molecule has 0 saturated carbocycles. The van der Waals surface area contributed by atoms with Crippen molar-refractivity contribution in [3.05, 3.63) is 79.8 Å². The highest BCUT2D eigenvalue weighted by Crippen LogP contribution is 2.28. The van der Waals surface area contributed by atoms with Crippen molar-refractivity contribution >= 4 is 34.7 Å². The van der Waals surface area contributed by atoms with Crippen LogP contribution in [0.2, 0.25) is 5.02 Å². The second kappa shape index (κ2) is 8.44. The van der Waals surface area contributed by atoms with Crippen LogP contribution in [-0.4, -0.2) is 25.7 Å². The molecule has 0 radical (unpaired) electrons. The standard InChI is InChI=1S/C21H17ClFN5O2S/c1-11-12(2)24-21(26-20(11)30)28-18(10-16(27-28)17-7-4-8-31-17)25-19(29)9-13-14(22)5-3-6-15(13)23/h3-8,10H,9H2,1-2H3,(H,25,29)(H,24,26,30). The number of nitrogens with one attached hydrogen (secondary N) is 2. The lowest BCUT2D eigenvalue weighted by Crippen LogP contribution is -2.21. The second-order valence-electron chi connectivity index (χ2n) is 6.83. The first-order valence-corrected chi connectivity index (χ1v) is 10.5. The molecule has 0 saturated heterocycles. The fourth-order valence-corrected chi connectivity index (χ4v) is 3.87. The predicted octanol–water partition coefficient (Wildman–Crippen LogP) is 4.27. The summed E-state index contributed by atoms with van der Waals surface area (Å²) in [5, 5.41) is 9.31. The third kappa shape index (κ3) is 4.28. The van der Waals surface area contributed by atoms with Gasteiger partial charge in [0.25, 0.3) is 5.56 Å². The number of anilines is 1. The highest BCUT2D eigenvalue weighted by atomic mass is 35.5. The summed E-state index contributed by atoms with van der Waals surface area (Å²) in [6.45, 7) is 3.39. The molecular weight excluding hydrogens is 441 g/mol. The lowest BCUT2D eigenvalue weighted by Gasteiger charge is -2.10. The summed E-state index contributed by atoms with van der Waals surface area (Å²) in [7, 11) is 0. The number of aromatic amines is 1. The van der Waals surface area contributed by atoms with Gasteiger partial charge in [-0.3, -0.25) is 14.6 Å². The molecule has 0 spiro atoms. The van der Waals surface area contributed by atoms with E-state index in [4.69, 9.17) is 11.6 Å². The number of benzene rings is 1. The van der Waals surface area contributed by atoms with Gasteiger partial charge in [0.15, 0.2) is 0 Å². The van der Waals surface area contributed by atoms with Crippen molar-refractivity contribution in [2.24, 2.45) is 0 Å². The Balaban J connectivity index is 1.72. The Labute approximate surface area is 185 Å². The Hall–Kier alpha value is -3.30. The van der Waals surface area contributed by atoms with E-state index in [-0.39, 0.29) is 34.3 Å². The van der Waals surface area contributed by atoms with Crippen LogP contribution in [0.4, 0.5) is 10.2 Å². The van der Waals surface area contributed by atoms with Crippen molar-refractivity contribution < 1.29 is 9.18 Å². The number of nitrogens with zero attached hydrogens (tertiary/aromatic N) is 3. The normalized spacial score (nSPS) is 11.0. The first-order valence-electron chi connectivity index (χ1n) is 9.28. The van der Waals surface area contributed by atoms with E-state index in [0.717, 1.165) is 4.88 Å². The molecule has 0 aliphatic rings. The number of aryl methyl sites for hydroxylation is 1. The fraction of sp³-hybridized carbons (Fsp3) is 0.143. The molecule has 0 unspecified atom stereocenters. The van der Waals surface area contributed by atoms with Crippen LogP contribution in [0.3, 0.4) is 0 Å². The molecule has 158 valence electrons. The molecule has 1 amide bonds. The number of rotatable bonds is 5. The molecule has 0 fully saturated rings. The van der Waals surface area contributed by atoms with Gasteiger partial charge in [-0.05, 0) is 37.4 Å². The van der Waals surface area contributed by atoms with Gasteiger partial charge in [-0.2, -0.15) is 9.78 Å². The van der Waals surface area contributed by atoms with Crippen LogP contribution in [0, 0.1) is 19.7 Å². The Morgan fingerprint density at radius 3 is 2.77 bits per heavy atom. The van der Waals surface area contributed by atoms with Crippen LogP contribution in [0.25, 0.3) is 16.5 Å². The van der Waals surface area contributed by atoms with E-state index in [2.05, 4.69) is 20.4 Å². The molecule has 3 aromatic heterocycles. The number of amides is 1. The van der Waals surface area contributed by atoms with Gasteiger partial charge in [0.1, 0.15) is 17.3 Å². The van der Waals surface area contributed by atoms with Crippen molar-refractivity contribution in [1.29, 1.82) is 0 Å². The summed E-state index contributed by atoms with van der Waals surface area (Å²) in [5.41, 5.74) is 1.43. The lowest BCUT2D eigenvalue weighted by atomic mass is 10.1. The first-order chi connectivity index (χ1) is 14.8. The number of aromatic nitrogens is 4. The van der Waals surface area contributed by atoms with Crippen LogP contribution in [0.15, 0.2) is 46.6 Å². The molecule has 4 rings (SSSR count). The number of hydrogen-bond acceptors (Lipinski definition) is 5. The van der Waals surface area contributed by atoms with Crippen molar-refractivity contribution in [3.8, 4) is 16.5 Å². The fourth-order valence-electron chi connectivity index (χ4n) is 2.96. The summed E-state index contributed by atoms with van der Waals surface area (Å²) < 4.78 is 15.4. The quantitative estimate of drug-likeness (QED) is 0.468. The molecule has 10 heteroatoms. The maximum atomic E-state index is 14.1. The summed E-state index contributed by atoms with van der Waals surface area (Å²) >= 11 is 7.52. The van der Waals surface area contributed by atoms with Gasteiger partial charge in [0, 0.05) is 27.9 Å². The number of hydrogen-bond donors (Lipinski definition) is 2. The van der Waals surface area contributed by atoms with Crippen molar-refractivity contribution in [2.75, 3.05) is 5.32 Å². The van der Waals surface area contributed by atoms with E-state index in [9.17, 15) is 14.0 Å². The van der Waals surface area contributed by atoms with Crippen molar-refractivity contribution in [3.63, 3.8) is 0 Å². The molecule has 31 heavy (non-hydrogen) atoms. The summed E-state index contributed by atoms with van der Waals surface area (Å²) in [6, 6.07) is 9.69. The minimum absolute atomic E-state index is 0.101. The number of H-pyrrole nitrogens is 1. The number of carbonyl (C=O) groups is 1. The van der Waals surface area contributed by atoms with Gasteiger partial charge in [-0.25, -0.2) is 9.37 Å². The summed E-state index contributed by atoms with van der Waals surface area (Å²) in [5.74, 6) is -0.602. The highest BCUT2D eigenvalue weighted by molar-refractivity contribution is 7.13. The molecule has 0 bridgehead atoms. The van der Waals surface area contributed by atoms with Gasteiger partial charge in [-0.15, -0.1) is 11.3 Å². The molecule has 7 nitrogen and oxygen atoms in total. The average molecular weight is 458 g/mol. The van der Waals surface area contributed by atoms with Gasteiger partial charge >= 0.3 is 0 Å². The zero-order valence-electron chi connectivity index (χ0n) is 16.6. The Morgan fingerprint density at radius 2 is 2.10 bits per heavy atom. The number of thiophene rings is 1. The minimum atomic E-state index is -0.560. The molecule has 0 aliphatic heterocycles. The van der Waals surface area contributed by atoms with Crippen molar-refractivity contribution in [2.45, 2.75) is 20.3 Å². The molecule has 3 heterocycles. The maximum absolute atomic E-state index is 14.1. The van der Waals surface area contributed by atoms with E-state index in [1.54, 1.807) is 19.9 Å². The van der Waals surface area contributed by atoms with Gasteiger partial charge in [0.2, 0.25) is 11.9 Å². The average Bonchev–Trinajstić information content (AvgIpc) is 3.39. The van der Waals surface area contributed by atoms with Crippen LogP contribution in [0.1, 0.15) is 16.8 Å². The van der Waals surface area contributed by atoms with E-state index >= 15 is 0 Å². The van der Waals surface area contributed by atoms with E-state index in [0.29, 0.717) is 17.0 Å². The van der Waals surface area contributed by atoms with E-state index < -0.39 is 11.7 Å². The highest BCUT2D eigenvalue weighted by Gasteiger charge is 2.18. The monoisotopic (exact) mass is 457 g/mol. The van der Waals surface area contributed by atoms with Crippen molar-refractivity contribution in [1.82, 2.24) is 19.7 Å². The predicted molar refractivity (Wildman–Crippen MR) is 119 cm³/mol. The zero-order chi connectivity index (χ0) is 22.1. The Morgan fingerprint density at radius 1 is 1.29 bits per heavy atom. The third-order valence-electron chi connectivity index (χ3n) is 4.73. The molecular formula is C21H17ClFN5O2S. The largest absolute Gasteiger partial charge is 0.310 e. The lowest BCUT2D eigenvalue weighted by molar-refractivity contribution is -0.115. The summed E-state index contributed by atoms with van der Waals surface area (Å²) in [4.78, 5) is 32.9. The van der Waals surface area contributed by atoms with E-state index in [1.807, 2.05) is 17.5 Å². The van der Waals surface area contributed by atoms with Crippen LogP contribution in [-0.2, 0) is 11.2 Å². The van der Waals surface area contributed by atoms with Crippen LogP contribution < -0.4 is 10.9 Å². The van der Waals surface area contributed by atoms with Gasteiger partial charge < -0.3 is 5.32 Å². The first kappa shape index (κ1) is 21.0. The molecule has 2 N–H and O–H groups in total. The number of carbonyl (C=O) groups excluding carboxylic acids is 1. The van der Waals surface area contributed by atoms with E-state index in [1.165, 1.54) is 34.2 Å². The Bertz CT molecular complexity index is 1310. The zero-order valence-corrected chi connectivity index (χ0v) is 18.1. The Kier molecular flexibility index (Phi) is 5.71. The van der Waals surface area contributed by atoms with Crippen LogP contribution >= 0.6 is 22.9 Å². The summed E-state index contributed by atoms with van der Waals surface area (Å²) in [6.07, 6.45) is -0.262. The van der Waals surface area contributed by atoms with Gasteiger partial charge in [-0.1, -0.05) is 23.7 Å². The topological polar surface area (TPSA) is 92.7 Å². The number of halogens is 2. The SMILES string of the molecule is Cc1nc(-n2nc(-c3cccs3)cc2NC(=O)Cc2c(F)cccc2Cl)[nH]c(=O)c1C. The second-order valence-corrected chi connectivity index (χ2v) is 8.18. The minimum Gasteiger partial charge on any atom is -0.310 e.